The predicted molar refractivity (Wildman–Crippen MR) is 118 cm³/mol. The molecule has 2 aliphatic rings. The average Bonchev–Trinajstić information content (AvgIpc) is 2.67. The van der Waals surface area contributed by atoms with Crippen LogP contribution < -0.4 is 14.9 Å². The summed E-state index contributed by atoms with van der Waals surface area (Å²) in [5.41, 5.74) is 1.76. The first-order valence-corrected chi connectivity index (χ1v) is 12.3. The third-order valence-corrected chi connectivity index (χ3v) is 8.05. The Balaban J connectivity index is 1.49. The van der Waals surface area contributed by atoms with Crippen LogP contribution in [0.5, 0.6) is 0 Å². The summed E-state index contributed by atoms with van der Waals surface area (Å²) < 4.78 is 41.1. The van der Waals surface area contributed by atoms with E-state index in [0.717, 1.165) is 69.8 Å². The number of anilines is 2. The van der Waals surface area contributed by atoms with Crippen LogP contribution in [0.4, 0.5) is 15.8 Å². The highest BCUT2D eigenvalue weighted by molar-refractivity contribution is 7.90. The molecule has 3 rings (SSSR count). The number of piperazine rings is 1. The van der Waals surface area contributed by atoms with Gasteiger partial charge in [-0.3, -0.25) is 0 Å². The van der Waals surface area contributed by atoms with Gasteiger partial charge in [0.2, 0.25) is 10.0 Å². The van der Waals surface area contributed by atoms with E-state index < -0.39 is 15.3 Å². The highest BCUT2D eigenvalue weighted by Gasteiger charge is 2.26. The van der Waals surface area contributed by atoms with Crippen LogP contribution in [0.25, 0.3) is 0 Å². The molecule has 0 spiro atoms. The van der Waals surface area contributed by atoms with Crippen LogP contribution in [0, 0.1) is 11.7 Å². The summed E-state index contributed by atoms with van der Waals surface area (Å²) in [5.74, 6) is 0.265. The number of nitrogens with zero attached hydrogens (tertiary/aromatic N) is 2. The van der Waals surface area contributed by atoms with Crippen LogP contribution in [0.3, 0.4) is 0 Å². The second-order valence-electron chi connectivity index (χ2n) is 8.80. The molecule has 29 heavy (non-hydrogen) atoms. The Hall–Kier alpha value is -1.38. The third kappa shape index (κ3) is 6.30. The van der Waals surface area contributed by atoms with Gasteiger partial charge < -0.3 is 15.1 Å². The molecule has 1 heterocycles. The SMILES string of the molecule is CC(C)S(=O)(=O)NC1CCC(CNc2cc(F)cc(N3CCN(C)CC3)c2)CC1. The number of hydrogen-bond acceptors (Lipinski definition) is 5. The van der Waals surface area contributed by atoms with Crippen molar-refractivity contribution in [3.8, 4) is 0 Å². The van der Waals surface area contributed by atoms with E-state index in [1.54, 1.807) is 26.0 Å². The zero-order valence-electron chi connectivity index (χ0n) is 17.8. The topological polar surface area (TPSA) is 64.7 Å². The van der Waals surface area contributed by atoms with Gasteiger partial charge in [-0.2, -0.15) is 0 Å². The first-order valence-electron chi connectivity index (χ1n) is 10.7. The number of halogens is 1. The average molecular weight is 427 g/mol. The molecule has 1 saturated carbocycles. The molecule has 1 aliphatic carbocycles. The number of hydrogen-bond donors (Lipinski definition) is 2. The van der Waals surface area contributed by atoms with Gasteiger partial charge in [0.1, 0.15) is 5.82 Å². The van der Waals surface area contributed by atoms with Crippen molar-refractivity contribution in [1.29, 1.82) is 0 Å². The summed E-state index contributed by atoms with van der Waals surface area (Å²) in [4.78, 5) is 4.52. The van der Waals surface area contributed by atoms with Crippen LogP contribution in [-0.2, 0) is 10.0 Å². The minimum absolute atomic E-state index is 0.0386. The molecule has 2 N–H and O–H groups in total. The first-order chi connectivity index (χ1) is 13.7. The minimum Gasteiger partial charge on any atom is -0.385 e. The maximum absolute atomic E-state index is 14.2. The lowest BCUT2D eigenvalue weighted by Crippen LogP contribution is -2.44. The Morgan fingerprint density at radius 3 is 2.34 bits per heavy atom. The van der Waals surface area contributed by atoms with Crippen molar-refractivity contribution in [3.05, 3.63) is 24.0 Å². The highest BCUT2D eigenvalue weighted by atomic mass is 32.2. The fraction of sp³-hybridized carbons (Fsp3) is 0.714. The quantitative estimate of drug-likeness (QED) is 0.702. The Morgan fingerprint density at radius 1 is 1.07 bits per heavy atom. The van der Waals surface area contributed by atoms with Crippen molar-refractivity contribution in [2.45, 2.75) is 50.8 Å². The fourth-order valence-electron chi connectivity index (χ4n) is 4.04. The van der Waals surface area contributed by atoms with Crippen molar-refractivity contribution < 1.29 is 12.8 Å². The van der Waals surface area contributed by atoms with E-state index in [9.17, 15) is 12.8 Å². The molecule has 1 aromatic carbocycles. The van der Waals surface area contributed by atoms with Gasteiger partial charge in [0.25, 0.3) is 0 Å². The van der Waals surface area contributed by atoms with Crippen LogP contribution in [-0.4, -0.2) is 64.4 Å². The summed E-state index contributed by atoms with van der Waals surface area (Å²) in [5, 5.41) is 3.01. The summed E-state index contributed by atoms with van der Waals surface area (Å²) in [6, 6.07) is 5.25. The molecule has 0 aromatic heterocycles. The monoisotopic (exact) mass is 426 g/mol. The van der Waals surface area contributed by atoms with Gasteiger partial charge in [0.05, 0.1) is 5.25 Å². The lowest BCUT2D eigenvalue weighted by molar-refractivity contribution is 0.312. The normalized spacial score (nSPS) is 24.1. The molecule has 6 nitrogen and oxygen atoms in total. The van der Waals surface area contributed by atoms with Crippen molar-refractivity contribution >= 4 is 21.4 Å². The lowest BCUT2D eigenvalue weighted by Gasteiger charge is -2.34. The molecular formula is C21H35FN4O2S. The Morgan fingerprint density at radius 2 is 1.72 bits per heavy atom. The minimum atomic E-state index is -3.21. The lowest BCUT2D eigenvalue weighted by atomic mass is 9.86. The zero-order chi connectivity index (χ0) is 21.0. The van der Waals surface area contributed by atoms with Crippen molar-refractivity contribution in [2.24, 2.45) is 5.92 Å². The molecule has 1 aliphatic heterocycles. The van der Waals surface area contributed by atoms with Gasteiger partial charge in [-0.1, -0.05) is 0 Å². The highest BCUT2D eigenvalue weighted by Crippen LogP contribution is 2.27. The second-order valence-corrected chi connectivity index (χ2v) is 11.1. The van der Waals surface area contributed by atoms with Crippen LogP contribution in [0.15, 0.2) is 18.2 Å². The number of nitrogens with one attached hydrogen (secondary N) is 2. The summed E-state index contributed by atoms with van der Waals surface area (Å²) in [7, 11) is -1.10. The van der Waals surface area contributed by atoms with Crippen molar-refractivity contribution in [1.82, 2.24) is 9.62 Å². The molecule has 164 valence electrons. The third-order valence-electron chi connectivity index (χ3n) is 6.14. The smallest absolute Gasteiger partial charge is 0.214 e. The van der Waals surface area contributed by atoms with Crippen LogP contribution in [0.2, 0.25) is 0 Å². The Bertz CT molecular complexity index is 771. The van der Waals surface area contributed by atoms with E-state index in [1.807, 2.05) is 6.07 Å². The van der Waals surface area contributed by atoms with E-state index in [-0.39, 0.29) is 11.9 Å². The number of likely N-dealkylation sites (N-methyl/N-ethyl adjacent to an activating group) is 1. The molecule has 2 fully saturated rings. The van der Waals surface area contributed by atoms with E-state index >= 15 is 0 Å². The maximum atomic E-state index is 14.2. The van der Waals surface area contributed by atoms with E-state index in [4.69, 9.17) is 0 Å². The molecule has 0 unspecified atom stereocenters. The number of rotatable bonds is 7. The van der Waals surface area contributed by atoms with Gasteiger partial charge >= 0.3 is 0 Å². The predicted octanol–water partition coefficient (Wildman–Crippen LogP) is 2.88. The van der Waals surface area contributed by atoms with E-state index in [2.05, 4.69) is 26.9 Å². The maximum Gasteiger partial charge on any atom is 0.214 e. The zero-order valence-corrected chi connectivity index (χ0v) is 18.6. The second kappa shape index (κ2) is 9.62. The van der Waals surface area contributed by atoms with Crippen molar-refractivity contribution in [2.75, 3.05) is 50.0 Å². The van der Waals surface area contributed by atoms with Gasteiger partial charge in [0, 0.05) is 50.1 Å². The number of benzene rings is 1. The van der Waals surface area contributed by atoms with Crippen molar-refractivity contribution in [3.63, 3.8) is 0 Å². The Labute approximate surface area is 174 Å². The van der Waals surface area contributed by atoms with E-state index in [1.165, 1.54) is 0 Å². The summed E-state index contributed by atoms with van der Waals surface area (Å²) >= 11 is 0. The molecule has 1 saturated heterocycles. The van der Waals surface area contributed by atoms with Gasteiger partial charge in [-0.05, 0) is 70.7 Å². The molecule has 1 aromatic rings. The Kier molecular flexibility index (Phi) is 7.40. The molecule has 0 amide bonds. The molecular weight excluding hydrogens is 391 g/mol. The van der Waals surface area contributed by atoms with Gasteiger partial charge in [-0.15, -0.1) is 0 Å². The first kappa shape index (κ1) is 22.3. The standard InChI is InChI=1S/C21H35FN4O2S/c1-16(2)29(27,28)24-19-6-4-17(5-7-19)15-23-20-12-18(22)13-21(14-20)26-10-8-25(3)9-11-26/h12-14,16-17,19,23-24H,4-11,15H2,1-3H3. The summed E-state index contributed by atoms with van der Waals surface area (Å²) in [6.45, 7) is 7.99. The molecule has 0 radical (unpaired) electrons. The summed E-state index contributed by atoms with van der Waals surface area (Å²) in [6.07, 6.45) is 3.65. The molecule has 0 atom stereocenters. The van der Waals surface area contributed by atoms with E-state index in [0.29, 0.717) is 5.92 Å². The van der Waals surface area contributed by atoms with Gasteiger partial charge in [-0.25, -0.2) is 17.5 Å². The fourth-order valence-corrected chi connectivity index (χ4v) is 5.01. The van der Waals surface area contributed by atoms with Crippen LogP contribution >= 0.6 is 0 Å². The number of sulfonamides is 1. The molecule has 8 heteroatoms. The van der Waals surface area contributed by atoms with Crippen LogP contribution in [0.1, 0.15) is 39.5 Å². The van der Waals surface area contributed by atoms with Gasteiger partial charge in [0.15, 0.2) is 0 Å². The largest absolute Gasteiger partial charge is 0.385 e. The molecule has 0 bridgehead atoms.